The van der Waals surface area contributed by atoms with Gasteiger partial charge < -0.3 is 5.11 Å². The molecule has 0 radical (unpaired) electrons. The third-order valence-electron chi connectivity index (χ3n) is 3.01. The van der Waals surface area contributed by atoms with E-state index in [2.05, 4.69) is 24.8 Å². The van der Waals surface area contributed by atoms with Gasteiger partial charge in [0.25, 0.3) is 0 Å². The van der Waals surface area contributed by atoms with Gasteiger partial charge in [-0.25, -0.2) is 0 Å². The van der Waals surface area contributed by atoms with Crippen LogP contribution < -0.4 is 0 Å². The van der Waals surface area contributed by atoms with Crippen LogP contribution >= 0.6 is 0 Å². The molecule has 1 rings (SSSR count). The molecule has 0 unspecified atom stereocenters. The van der Waals surface area contributed by atoms with Crippen molar-refractivity contribution in [1.29, 1.82) is 0 Å². The zero-order valence-corrected chi connectivity index (χ0v) is 10.6. The number of aliphatic carboxylic acids is 1. The molecule has 0 saturated heterocycles. The van der Waals surface area contributed by atoms with Crippen molar-refractivity contribution in [1.82, 2.24) is 4.90 Å². The van der Waals surface area contributed by atoms with Gasteiger partial charge in [-0.3, -0.25) is 9.69 Å². The average molecular weight is 235 g/mol. The van der Waals surface area contributed by atoms with Crippen molar-refractivity contribution in [2.24, 2.45) is 0 Å². The Balaban J connectivity index is 2.72. The van der Waals surface area contributed by atoms with Gasteiger partial charge in [-0.05, 0) is 30.6 Å². The zero-order chi connectivity index (χ0) is 12.7. The van der Waals surface area contributed by atoms with Crippen LogP contribution in [0.15, 0.2) is 24.3 Å². The molecule has 0 aliphatic rings. The normalized spacial score (nSPS) is 10.8. The first kappa shape index (κ1) is 13.7. The van der Waals surface area contributed by atoms with Crippen molar-refractivity contribution in [3.8, 4) is 0 Å². The number of nitrogens with zero attached hydrogens (tertiary/aromatic N) is 1. The fraction of sp³-hybridized carbons (Fsp3) is 0.500. The molecule has 0 fully saturated rings. The Bertz CT molecular complexity index is 359. The second-order valence-corrected chi connectivity index (χ2v) is 4.12. The molecule has 0 saturated carbocycles. The maximum atomic E-state index is 10.6. The Morgan fingerprint density at radius 2 is 1.76 bits per heavy atom. The molecule has 1 aromatic rings. The summed E-state index contributed by atoms with van der Waals surface area (Å²) in [6.07, 6.45) is 0.821. The third-order valence-corrected chi connectivity index (χ3v) is 3.01. The first-order chi connectivity index (χ1) is 8.17. The maximum Gasteiger partial charge on any atom is 0.303 e. The molecule has 1 N–H and O–H groups in total. The summed E-state index contributed by atoms with van der Waals surface area (Å²) >= 11 is 0. The standard InChI is InChI=1S/C14H21NO2/c1-3-15(4-2)11-13-8-6-5-7-12(13)9-10-14(16)17/h5-8H,3-4,9-11H2,1-2H3,(H,16,17). The van der Waals surface area contributed by atoms with Gasteiger partial charge in [0.15, 0.2) is 0 Å². The highest BCUT2D eigenvalue weighted by atomic mass is 16.4. The van der Waals surface area contributed by atoms with Gasteiger partial charge in [0.1, 0.15) is 0 Å². The van der Waals surface area contributed by atoms with Crippen LogP contribution in [0.5, 0.6) is 0 Å². The molecule has 0 aromatic heterocycles. The highest BCUT2D eigenvalue weighted by molar-refractivity contribution is 5.67. The van der Waals surface area contributed by atoms with Crippen LogP contribution in [0.3, 0.4) is 0 Å². The number of carbonyl (C=O) groups is 1. The van der Waals surface area contributed by atoms with E-state index >= 15 is 0 Å². The third kappa shape index (κ3) is 4.57. The Morgan fingerprint density at radius 3 is 2.29 bits per heavy atom. The molecular formula is C14H21NO2. The summed E-state index contributed by atoms with van der Waals surface area (Å²) in [6.45, 7) is 7.23. The van der Waals surface area contributed by atoms with E-state index in [0.29, 0.717) is 6.42 Å². The van der Waals surface area contributed by atoms with Crippen molar-refractivity contribution in [2.45, 2.75) is 33.2 Å². The number of rotatable bonds is 7. The lowest BCUT2D eigenvalue weighted by atomic mass is 10.0. The lowest BCUT2D eigenvalue weighted by molar-refractivity contribution is -0.136. The van der Waals surface area contributed by atoms with Crippen LogP contribution in [0.2, 0.25) is 0 Å². The van der Waals surface area contributed by atoms with Crippen molar-refractivity contribution in [3.05, 3.63) is 35.4 Å². The Hall–Kier alpha value is -1.35. The molecular weight excluding hydrogens is 214 g/mol. The number of hydrogen-bond donors (Lipinski definition) is 1. The van der Waals surface area contributed by atoms with E-state index in [1.165, 1.54) is 5.56 Å². The average Bonchev–Trinajstić information content (AvgIpc) is 2.34. The van der Waals surface area contributed by atoms with Crippen molar-refractivity contribution in [3.63, 3.8) is 0 Å². The van der Waals surface area contributed by atoms with Gasteiger partial charge in [0, 0.05) is 13.0 Å². The molecule has 0 atom stereocenters. The minimum atomic E-state index is -0.734. The van der Waals surface area contributed by atoms with Crippen LogP contribution in [0.1, 0.15) is 31.4 Å². The first-order valence-corrected chi connectivity index (χ1v) is 6.18. The number of aryl methyl sites for hydroxylation is 1. The summed E-state index contributed by atoms with van der Waals surface area (Å²) in [7, 11) is 0. The molecule has 0 heterocycles. The summed E-state index contributed by atoms with van der Waals surface area (Å²) in [5, 5.41) is 8.73. The van der Waals surface area contributed by atoms with Gasteiger partial charge in [-0.15, -0.1) is 0 Å². The van der Waals surface area contributed by atoms with E-state index in [9.17, 15) is 4.79 Å². The lowest BCUT2D eigenvalue weighted by Gasteiger charge is -2.20. The van der Waals surface area contributed by atoms with E-state index in [4.69, 9.17) is 5.11 Å². The quantitative estimate of drug-likeness (QED) is 0.789. The smallest absolute Gasteiger partial charge is 0.303 e. The minimum Gasteiger partial charge on any atom is -0.481 e. The molecule has 0 bridgehead atoms. The van der Waals surface area contributed by atoms with Crippen LogP contribution in [0.4, 0.5) is 0 Å². The van der Waals surface area contributed by atoms with E-state index in [-0.39, 0.29) is 6.42 Å². The molecule has 1 aromatic carbocycles. The first-order valence-electron chi connectivity index (χ1n) is 6.18. The number of carboxylic acid groups (broad SMARTS) is 1. The second-order valence-electron chi connectivity index (χ2n) is 4.12. The van der Waals surface area contributed by atoms with Crippen LogP contribution in [-0.2, 0) is 17.8 Å². The largest absolute Gasteiger partial charge is 0.481 e. The van der Waals surface area contributed by atoms with Crippen LogP contribution in [0.25, 0.3) is 0 Å². The minimum absolute atomic E-state index is 0.204. The van der Waals surface area contributed by atoms with Crippen molar-refractivity contribution < 1.29 is 9.90 Å². The fourth-order valence-electron chi connectivity index (χ4n) is 1.89. The fourth-order valence-corrected chi connectivity index (χ4v) is 1.89. The van der Waals surface area contributed by atoms with E-state index < -0.39 is 5.97 Å². The number of hydrogen-bond acceptors (Lipinski definition) is 2. The molecule has 0 amide bonds. The molecule has 0 spiro atoms. The SMILES string of the molecule is CCN(CC)Cc1ccccc1CCC(=O)O. The van der Waals surface area contributed by atoms with Gasteiger partial charge in [0.2, 0.25) is 0 Å². The van der Waals surface area contributed by atoms with Gasteiger partial charge in [-0.1, -0.05) is 38.1 Å². The molecule has 94 valence electrons. The lowest BCUT2D eigenvalue weighted by Crippen LogP contribution is -2.22. The molecule has 0 aliphatic heterocycles. The molecule has 17 heavy (non-hydrogen) atoms. The Morgan fingerprint density at radius 1 is 1.18 bits per heavy atom. The predicted octanol–water partition coefficient (Wildman–Crippen LogP) is 2.55. The second kappa shape index (κ2) is 7.07. The van der Waals surface area contributed by atoms with Crippen molar-refractivity contribution >= 4 is 5.97 Å². The van der Waals surface area contributed by atoms with E-state index in [0.717, 1.165) is 25.2 Å². The monoisotopic (exact) mass is 235 g/mol. The zero-order valence-electron chi connectivity index (χ0n) is 10.6. The summed E-state index contributed by atoms with van der Waals surface area (Å²) < 4.78 is 0. The highest BCUT2D eigenvalue weighted by Crippen LogP contribution is 2.13. The number of benzene rings is 1. The van der Waals surface area contributed by atoms with E-state index in [1.54, 1.807) is 0 Å². The predicted molar refractivity (Wildman–Crippen MR) is 69.0 cm³/mol. The van der Waals surface area contributed by atoms with Gasteiger partial charge in [-0.2, -0.15) is 0 Å². The van der Waals surface area contributed by atoms with E-state index in [1.807, 2.05) is 18.2 Å². The Kier molecular flexibility index (Phi) is 5.70. The highest BCUT2D eigenvalue weighted by Gasteiger charge is 2.07. The topological polar surface area (TPSA) is 40.5 Å². The number of carboxylic acids is 1. The Labute approximate surface area is 103 Å². The van der Waals surface area contributed by atoms with Gasteiger partial charge in [0.05, 0.1) is 0 Å². The van der Waals surface area contributed by atoms with Crippen LogP contribution in [-0.4, -0.2) is 29.1 Å². The van der Waals surface area contributed by atoms with Gasteiger partial charge >= 0.3 is 5.97 Å². The molecule has 0 aliphatic carbocycles. The van der Waals surface area contributed by atoms with Crippen LogP contribution in [0, 0.1) is 0 Å². The summed E-state index contributed by atoms with van der Waals surface area (Å²) in [6, 6.07) is 8.11. The summed E-state index contributed by atoms with van der Waals surface area (Å²) in [4.78, 5) is 12.9. The molecule has 3 heteroatoms. The molecule has 3 nitrogen and oxygen atoms in total. The summed E-state index contributed by atoms with van der Waals surface area (Å²) in [5.74, 6) is -0.734. The maximum absolute atomic E-state index is 10.6. The van der Waals surface area contributed by atoms with Crippen molar-refractivity contribution in [2.75, 3.05) is 13.1 Å². The summed E-state index contributed by atoms with van der Waals surface area (Å²) in [5.41, 5.74) is 2.40.